The topological polar surface area (TPSA) is 41.1 Å². The molecule has 0 spiro atoms. The SMILES string of the molecule is C=C(NC(C)C)C(C)C.CC(C)/C=C/C(C)C.CC(C)CCC(C)C.CC(C)NC(=O)SC(C)C.CC(C)SC(C)C.CC(C)SSC(C)C. The van der Waals surface area contributed by atoms with Gasteiger partial charge < -0.3 is 10.6 Å². The van der Waals surface area contributed by atoms with Gasteiger partial charge in [0.1, 0.15) is 0 Å². The number of nitrogens with one attached hydrogen (secondary N) is 2. The maximum absolute atomic E-state index is 10.9. The van der Waals surface area contributed by atoms with E-state index in [2.05, 4.69) is 168 Å². The molecule has 0 bridgehead atoms. The van der Waals surface area contributed by atoms with Crippen molar-refractivity contribution in [2.45, 2.75) is 217 Å². The van der Waals surface area contributed by atoms with Gasteiger partial charge in [-0.05, 0) is 67.8 Å². The molecule has 0 rings (SSSR count). The van der Waals surface area contributed by atoms with Gasteiger partial charge in [-0.15, -0.1) is 0 Å². The summed E-state index contributed by atoms with van der Waals surface area (Å²) in [6.07, 6.45) is 7.25. The summed E-state index contributed by atoms with van der Waals surface area (Å²) in [5.41, 5.74) is 1.13. The molecule has 7 heteroatoms. The average molecular weight is 784 g/mol. The van der Waals surface area contributed by atoms with Crippen molar-refractivity contribution in [3.8, 4) is 0 Å². The molecule has 0 aromatic heterocycles. The number of rotatable bonds is 15. The smallest absolute Gasteiger partial charge is 0.279 e. The third-order valence-electron chi connectivity index (χ3n) is 5.11. The molecular formula is C43H94N2OS4. The van der Waals surface area contributed by atoms with Crippen LogP contribution >= 0.6 is 45.1 Å². The molecule has 50 heavy (non-hydrogen) atoms. The molecule has 306 valence electrons. The monoisotopic (exact) mass is 783 g/mol. The van der Waals surface area contributed by atoms with Gasteiger partial charge in [0.25, 0.3) is 5.24 Å². The molecule has 0 radical (unpaired) electrons. The van der Waals surface area contributed by atoms with E-state index in [1.807, 2.05) is 61.0 Å². The minimum Gasteiger partial charge on any atom is -0.386 e. The Labute approximate surface area is 335 Å². The fourth-order valence-corrected chi connectivity index (χ4v) is 6.50. The first-order valence-electron chi connectivity index (χ1n) is 19.6. The predicted molar refractivity (Wildman–Crippen MR) is 250 cm³/mol. The molecule has 0 aliphatic carbocycles. The minimum absolute atomic E-state index is 0.0741. The Morgan fingerprint density at radius 2 is 0.820 bits per heavy atom. The Kier molecular flexibility index (Phi) is 52.1. The summed E-state index contributed by atoms with van der Waals surface area (Å²) in [4.78, 5) is 10.9. The number of hydrogen-bond donors (Lipinski definition) is 2. The van der Waals surface area contributed by atoms with E-state index in [4.69, 9.17) is 0 Å². The first-order valence-corrected chi connectivity index (χ1v) is 23.7. The molecule has 2 N–H and O–H groups in total. The van der Waals surface area contributed by atoms with Crippen LogP contribution in [-0.2, 0) is 0 Å². The molecule has 0 fully saturated rings. The summed E-state index contributed by atoms with van der Waals surface area (Å²) in [6.45, 7) is 56.0. The zero-order valence-corrected chi connectivity index (χ0v) is 41.5. The molecule has 3 nitrogen and oxygen atoms in total. The van der Waals surface area contributed by atoms with Crippen LogP contribution in [0.25, 0.3) is 0 Å². The summed E-state index contributed by atoms with van der Waals surface area (Å²) in [5.74, 6) is 3.73. The molecule has 0 aliphatic heterocycles. The minimum atomic E-state index is 0.0741. The Hall–Kier alpha value is 0.150. The van der Waals surface area contributed by atoms with Crippen molar-refractivity contribution in [1.29, 1.82) is 0 Å². The van der Waals surface area contributed by atoms with Gasteiger partial charge >= 0.3 is 0 Å². The van der Waals surface area contributed by atoms with Crippen LogP contribution in [0.2, 0.25) is 0 Å². The van der Waals surface area contributed by atoms with Gasteiger partial charge in [0.15, 0.2) is 0 Å². The highest BCUT2D eigenvalue weighted by Gasteiger charge is 2.05. The second-order valence-electron chi connectivity index (χ2n) is 16.5. The molecule has 0 aromatic rings. The summed E-state index contributed by atoms with van der Waals surface area (Å²) in [6, 6.07) is 0.763. The fraction of sp³-hybridized carbons (Fsp3) is 0.884. The molecule has 0 heterocycles. The van der Waals surface area contributed by atoms with Crippen molar-refractivity contribution >= 4 is 50.4 Å². The van der Waals surface area contributed by atoms with Crippen LogP contribution in [0.15, 0.2) is 24.4 Å². The Bertz CT molecular complexity index is 666. The average Bonchev–Trinajstić information content (AvgIpc) is 2.89. The molecule has 0 saturated carbocycles. The van der Waals surface area contributed by atoms with Crippen LogP contribution in [0.1, 0.15) is 179 Å². The lowest BCUT2D eigenvalue weighted by molar-refractivity contribution is 0.258. The highest BCUT2D eigenvalue weighted by Crippen LogP contribution is 2.29. The highest BCUT2D eigenvalue weighted by atomic mass is 33.1. The number of allylic oxidation sites excluding steroid dienone is 3. The summed E-state index contributed by atoms with van der Waals surface area (Å²) < 4.78 is 0. The lowest BCUT2D eigenvalue weighted by Crippen LogP contribution is -2.27. The van der Waals surface area contributed by atoms with E-state index >= 15 is 0 Å². The second-order valence-corrected chi connectivity index (χ2v) is 23.6. The van der Waals surface area contributed by atoms with Crippen molar-refractivity contribution in [2.24, 2.45) is 29.6 Å². The van der Waals surface area contributed by atoms with E-state index in [-0.39, 0.29) is 11.3 Å². The van der Waals surface area contributed by atoms with Crippen LogP contribution < -0.4 is 10.6 Å². The zero-order valence-electron chi connectivity index (χ0n) is 38.2. The van der Waals surface area contributed by atoms with Crippen LogP contribution in [0.4, 0.5) is 4.79 Å². The Morgan fingerprint density at radius 1 is 0.500 bits per heavy atom. The summed E-state index contributed by atoms with van der Waals surface area (Å²) in [5, 5.41) is 9.61. The number of carbonyl (C=O) groups is 1. The predicted octanol–water partition coefficient (Wildman–Crippen LogP) is 16.1. The van der Waals surface area contributed by atoms with Gasteiger partial charge in [-0.3, -0.25) is 4.79 Å². The standard InChI is InChI=1S/C8H17N.C8H18.C8H16.C7H15NOS.C6H14S2.C6H14S/c1-6(2)8(5)9-7(3)4;2*1-7(2)5-6-8(3)4;1-5(2)8-7(9)10-6(3)4;1-5(2)7-8-6(3)4;1-5(2)7-6(3)4/h6-7,9H,5H2,1-4H3;7-8H,5-6H2,1-4H3;5-8H,1-4H3;5-6H,1-4H3,(H,8,9);5-6H,1-4H3;5-6H,1-4H3/b;;6-5+;;;. The normalized spacial score (nSPS) is 11.1. The lowest BCUT2D eigenvalue weighted by atomic mass is 10.0. The van der Waals surface area contributed by atoms with Gasteiger partial charge in [-0.2, -0.15) is 11.8 Å². The van der Waals surface area contributed by atoms with Crippen LogP contribution in [0, 0.1) is 29.6 Å². The largest absolute Gasteiger partial charge is 0.386 e. The number of hydrogen-bond acceptors (Lipinski definition) is 6. The van der Waals surface area contributed by atoms with Gasteiger partial charge in [0, 0.05) is 33.5 Å². The zero-order chi connectivity index (χ0) is 41.2. The number of carbonyl (C=O) groups excluding carboxylic acids is 1. The number of amides is 1. The lowest BCUT2D eigenvalue weighted by Gasteiger charge is -2.15. The molecule has 0 unspecified atom stereocenters. The van der Waals surface area contributed by atoms with Gasteiger partial charge in [0.05, 0.1) is 0 Å². The molecule has 0 saturated heterocycles. The van der Waals surface area contributed by atoms with E-state index in [9.17, 15) is 4.79 Å². The first kappa shape index (κ1) is 62.2. The molecule has 0 aromatic carbocycles. The van der Waals surface area contributed by atoms with Crippen LogP contribution in [-0.4, -0.2) is 43.6 Å². The maximum atomic E-state index is 10.9. The van der Waals surface area contributed by atoms with E-state index in [1.165, 1.54) is 24.6 Å². The van der Waals surface area contributed by atoms with Crippen molar-refractivity contribution in [3.05, 3.63) is 24.4 Å². The van der Waals surface area contributed by atoms with E-state index in [0.29, 0.717) is 29.0 Å². The first-order chi connectivity index (χ1) is 22.6. The van der Waals surface area contributed by atoms with E-state index in [0.717, 1.165) is 38.5 Å². The quantitative estimate of drug-likeness (QED) is 0.127. The molecular weight excluding hydrogens is 689 g/mol. The highest BCUT2D eigenvalue weighted by molar-refractivity contribution is 8.77. The van der Waals surface area contributed by atoms with Crippen LogP contribution in [0.3, 0.4) is 0 Å². The van der Waals surface area contributed by atoms with E-state index in [1.54, 1.807) is 0 Å². The van der Waals surface area contributed by atoms with Crippen molar-refractivity contribution in [1.82, 2.24) is 10.6 Å². The fourth-order valence-electron chi connectivity index (χ4n) is 2.90. The summed E-state index contributed by atoms with van der Waals surface area (Å²) >= 11 is 3.34. The Balaban J connectivity index is -0.000000117. The Morgan fingerprint density at radius 3 is 0.960 bits per heavy atom. The second kappa shape index (κ2) is 41.9. The molecule has 1 amide bonds. The maximum Gasteiger partial charge on any atom is 0.279 e. The van der Waals surface area contributed by atoms with Gasteiger partial charge in [-0.25, -0.2) is 0 Å². The van der Waals surface area contributed by atoms with Crippen molar-refractivity contribution in [2.75, 3.05) is 0 Å². The van der Waals surface area contributed by atoms with Gasteiger partial charge in [-0.1, -0.05) is 203 Å². The number of thioether (sulfide) groups is 2. The van der Waals surface area contributed by atoms with Crippen molar-refractivity contribution in [3.63, 3.8) is 0 Å². The van der Waals surface area contributed by atoms with Crippen LogP contribution in [0.5, 0.6) is 0 Å². The third kappa shape index (κ3) is 86.6. The molecule has 0 aliphatic rings. The third-order valence-corrected chi connectivity index (χ3v) is 10.5. The van der Waals surface area contributed by atoms with Crippen molar-refractivity contribution < 1.29 is 4.79 Å². The van der Waals surface area contributed by atoms with E-state index < -0.39 is 0 Å². The van der Waals surface area contributed by atoms with Gasteiger partial charge in [0.2, 0.25) is 0 Å². The summed E-state index contributed by atoms with van der Waals surface area (Å²) in [7, 11) is 3.91. The molecule has 0 atom stereocenters.